The number of carboxylic acids is 1. The minimum Gasteiger partial charge on any atom is -0.480 e. The summed E-state index contributed by atoms with van der Waals surface area (Å²) in [5.41, 5.74) is 4.37. The third kappa shape index (κ3) is 6.22. The van der Waals surface area contributed by atoms with Crippen LogP contribution in [0.15, 0.2) is 61.2 Å². The van der Waals surface area contributed by atoms with E-state index in [-0.39, 0.29) is 25.5 Å². The number of hydrogen-bond donors (Lipinski definition) is 4. The average Bonchev–Trinajstić information content (AvgIpc) is 3.16. The van der Waals surface area contributed by atoms with Gasteiger partial charge in [-0.15, -0.1) is 6.58 Å². The number of rotatable bonds is 11. The molecule has 9 heteroatoms. The van der Waals surface area contributed by atoms with Crippen LogP contribution >= 0.6 is 0 Å². The van der Waals surface area contributed by atoms with Gasteiger partial charge in [0.05, 0.1) is 6.54 Å². The molecule has 178 valence electrons. The minimum atomic E-state index is -1.17. The first kappa shape index (κ1) is 24.5. The number of benzene rings is 2. The van der Waals surface area contributed by atoms with Crippen molar-refractivity contribution in [2.75, 3.05) is 19.7 Å². The van der Waals surface area contributed by atoms with E-state index in [9.17, 15) is 19.2 Å². The van der Waals surface area contributed by atoms with Gasteiger partial charge in [-0.2, -0.15) is 0 Å². The van der Waals surface area contributed by atoms with E-state index >= 15 is 0 Å². The summed E-state index contributed by atoms with van der Waals surface area (Å²) >= 11 is 0. The van der Waals surface area contributed by atoms with Crippen LogP contribution in [-0.4, -0.2) is 54.7 Å². The van der Waals surface area contributed by atoms with Crippen molar-refractivity contribution in [3.63, 3.8) is 0 Å². The third-order valence-electron chi connectivity index (χ3n) is 5.48. The van der Waals surface area contributed by atoms with E-state index in [1.165, 1.54) is 0 Å². The Morgan fingerprint density at radius 3 is 2.12 bits per heavy atom. The molecule has 0 aliphatic heterocycles. The van der Waals surface area contributed by atoms with E-state index in [1.54, 1.807) is 6.08 Å². The number of ether oxygens (including phenoxy) is 1. The Kier molecular flexibility index (Phi) is 8.39. The fraction of sp³-hybridized carbons (Fsp3) is 0.280. The van der Waals surface area contributed by atoms with Crippen molar-refractivity contribution >= 4 is 23.9 Å². The second-order valence-corrected chi connectivity index (χ2v) is 7.78. The maximum absolute atomic E-state index is 12.1. The van der Waals surface area contributed by atoms with Gasteiger partial charge in [0.15, 0.2) is 0 Å². The van der Waals surface area contributed by atoms with Crippen molar-refractivity contribution in [3.05, 3.63) is 72.3 Å². The van der Waals surface area contributed by atoms with Gasteiger partial charge >= 0.3 is 12.1 Å². The molecule has 0 spiro atoms. The summed E-state index contributed by atoms with van der Waals surface area (Å²) in [6.45, 7) is 2.83. The minimum absolute atomic E-state index is 0.0982. The lowest BCUT2D eigenvalue weighted by Gasteiger charge is -2.15. The summed E-state index contributed by atoms with van der Waals surface area (Å²) in [5, 5.41) is 16.1. The molecule has 0 saturated heterocycles. The number of fused-ring (bicyclic) bond motifs is 3. The van der Waals surface area contributed by atoms with Crippen LogP contribution in [0, 0.1) is 0 Å². The second-order valence-electron chi connectivity index (χ2n) is 7.78. The van der Waals surface area contributed by atoms with Gasteiger partial charge in [0.25, 0.3) is 0 Å². The molecule has 2 aromatic carbocycles. The number of allylic oxidation sites excluding steroid dienone is 1. The highest BCUT2D eigenvalue weighted by molar-refractivity contribution is 5.89. The van der Waals surface area contributed by atoms with Crippen molar-refractivity contribution in [2.45, 2.75) is 24.8 Å². The summed E-state index contributed by atoms with van der Waals surface area (Å²) < 4.78 is 5.35. The lowest BCUT2D eigenvalue weighted by atomic mass is 9.98. The molecule has 0 radical (unpaired) electrons. The van der Waals surface area contributed by atoms with Crippen LogP contribution in [0.1, 0.15) is 29.9 Å². The van der Waals surface area contributed by atoms with Crippen LogP contribution in [0.5, 0.6) is 0 Å². The predicted octanol–water partition coefficient (Wildman–Crippen LogP) is 2.18. The summed E-state index contributed by atoms with van der Waals surface area (Å²) in [6, 6.07) is 14.8. The van der Waals surface area contributed by atoms with Gasteiger partial charge in [0.1, 0.15) is 19.2 Å². The highest BCUT2D eigenvalue weighted by Gasteiger charge is 2.29. The molecule has 2 aromatic rings. The number of carbonyl (C=O) groups is 4. The van der Waals surface area contributed by atoms with Crippen molar-refractivity contribution in [2.24, 2.45) is 0 Å². The molecule has 1 unspecified atom stereocenters. The fourth-order valence-electron chi connectivity index (χ4n) is 3.83. The fourth-order valence-corrected chi connectivity index (χ4v) is 3.83. The van der Waals surface area contributed by atoms with Gasteiger partial charge in [-0.25, -0.2) is 9.59 Å². The normalized spacial score (nSPS) is 12.6. The Labute approximate surface area is 197 Å². The molecule has 0 aromatic heterocycles. The Balaban J connectivity index is 1.42. The van der Waals surface area contributed by atoms with Gasteiger partial charge in [0, 0.05) is 5.92 Å². The number of hydrogen-bond acceptors (Lipinski definition) is 5. The summed E-state index contributed by atoms with van der Waals surface area (Å²) in [6.07, 6.45) is 1.42. The van der Waals surface area contributed by atoms with Gasteiger partial charge in [0.2, 0.25) is 11.8 Å². The van der Waals surface area contributed by atoms with Crippen molar-refractivity contribution in [1.82, 2.24) is 16.0 Å². The van der Waals surface area contributed by atoms with E-state index in [2.05, 4.69) is 22.5 Å². The Bertz CT molecular complexity index is 1040. The number of carbonyl (C=O) groups excluding carboxylic acids is 3. The first-order chi connectivity index (χ1) is 16.4. The molecule has 1 aliphatic carbocycles. The van der Waals surface area contributed by atoms with Gasteiger partial charge in [-0.05, 0) is 35.1 Å². The standard InChI is InChI=1S/C25H27N3O6/c1-2-3-12-21(24(31)32)28-23(30)14-26-22(29)13-27-25(33)34-15-20-18-10-6-4-8-16(18)17-9-5-7-11-19(17)20/h2,4-11,20-21H,1,3,12-15H2,(H,26,29)(H,27,33)(H,28,30)(H,31,32). The van der Waals surface area contributed by atoms with Gasteiger partial charge in [-0.3, -0.25) is 9.59 Å². The number of amides is 3. The highest BCUT2D eigenvalue weighted by Crippen LogP contribution is 2.44. The molecule has 0 heterocycles. The molecular weight excluding hydrogens is 438 g/mol. The van der Waals surface area contributed by atoms with Crippen molar-refractivity contribution < 1.29 is 29.0 Å². The molecule has 1 atom stereocenters. The molecule has 0 bridgehead atoms. The zero-order valence-electron chi connectivity index (χ0n) is 18.6. The van der Waals surface area contributed by atoms with E-state index in [1.807, 2.05) is 48.5 Å². The molecular formula is C25H27N3O6. The SMILES string of the molecule is C=CCCC(NC(=O)CNC(=O)CNC(=O)OCC1c2ccccc2-c2ccccc21)C(=O)O. The first-order valence-electron chi connectivity index (χ1n) is 10.9. The molecule has 4 N–H and O–H groups in total. The van der Waals surface area contributed by atoms with Gasteiger partial charge < -0.3 is 25.8 Å². The predicted molar refractivity (Wildman–Crippen MR) is 125 cm³/mol. The van der Waals surface area contributed by atoms with E-state index in [0.29, 0.717) is 6.42 Å². The van der Waals surface area contributed by atoms with E-state index in [4.69, 9.17) is 9.84 Å². The zero-order chi connectivity index (χ0) is 24.5. The Hall–Kier alpha value is -4.14. The second kappa shape index (κ2) is 11.6. The monoisotopic (exact) mass is 465 g/mol. The molecule has 0 fully saturated rings. The lowest BCUT2D eigenvalue weighted by molar-refractivity contribution is -0.141. The van der Waals surface area contributed by atoms with E-state index < -0.39 is 36.5 Å². The van der Waals surface area contributed by atoms with Crippen molar-refractivity contribution in [1.29, 1.82) is 0 Å². The van der Waals surface area contributed by atoms with Gasteiger partial charge in [-0.1, -0.05) is 54.6 Å². The molecule has 1 aliphatic rings. The highest BCUT2D eigenvalue weighted by atomic mass is 16.5. The summed E-state index contributed by atoms with van der Waals surface area (Å²) in [5.74, 6) is -2.52. The van der Waals surface area contributed by atoms with Crippen LogP contribution in [0.25, 0.3) is 11.1 Å². The summed E-state index contributed by atoms with van der Waals surface area (Å²) in [7, 11) is 0. The number of nitrogens with one attached hydrogen (secondary N) is 3. The molecule has 9 nitrogen and oxygen atoms in total. The molecule has 3 rings (SSSR count). The topological polar surface area (TPSA) is 134 Å². The number of alkyl carbamates (subject to hydrolysis) is 1. The van der Waals surface area contributed by atoms with Crippen LogP contribution < -0.4 is 16.0 Å². The quantitative estimate of drug-likeness (QED) is 0.376. The zero-order valence-corrected chi connectivity index (χ0v) is 18.6. The smallest absolute Gasteiger partial charge is 0.407 e. The van der Waals surface area contributed by atoms with Crippen LogP contribution in [0.4, 0.5) is 4.79 Å². The maximum Gasteiger partial charge on any atom is 0.407 e. The number of aliphatic carboxylic acids is 1. The Morgan fingerprint density at radius 1 is 0.941 bits per heavy atom. The lowest BCUT2D eigenvalue weighted by Crippen LogP contribution is -2.47. The maximum atomic E-state index is 12.1. The largest absolute Gasteiger partial charge is 0.480 e. The van der Waals surface area contributed by atoms with Crippen LogP contribution in [0.2, 0.25) is 0 Å². The van der Waals surface area contributed by atoms with Crippen LogP contribution in [0.3, 0.4) is 0 Å². The first-order valence-corrected chi connectivity index (χ1v) is 10.9. The summed E-state index contributed by atoms with van der Waals surface area (Å²) in [4.78, 5) is 47.1. The number of carboxylic acid groups (broad SMARTS) is 1. The molecule has 0 saturated carbocycles. The molecule has 3 amide bonds. The van der Waals surface area contributed by atoms with Crippen molar-refractivity contribution in [3.8, 4) is 11.1 Å². The van der Waals surface area contributed by atoms with E-state index in [0.717, 1.165) is 22.3 Å². The third-order valence-corrected chi connectivity index (χ3v) is 5.48. The average molecular weight is 466 g/mol. The Morgan fingerprint density at radius 2 is 1.53 bits per heavy atom. The molecule has 34 heavy (non-hydrogen) atoms. The van der Waals surface area contributed by atoms with Crippen LogP contribution in [-0.2, 0) is 19.1 Å².